The highest BCUT2D eigenvalue weighted by atomic mass is 35.5. The Hall–Kier alpha value is -1.07. The molecule has 0 saturated carbocycles. The van der Waals surface area contributed by atoms with Crippen molar-refractivity contribution in [2.45, 2.75) is 4.34 Å². The van der Waals surface area contributed by atoms with Gasteiger partial charge in [-0.05, 0) is 30.3 Å². The summed E-state index contributed by atoms with van der Waals surface area (Å²) in [5, 5.41) is 0.847. The number of benzene rings is 2. The fourth-order valence-electron chi connectivity index (χ4n) is 1.79. The minimum Gasteiger partial charge on any atom is -0.293 e. The van der Waals surface area contributed by atoms with Crippen molar-refractivity contribution >= 4 is 62.3 Å². The van der Waals surface area contributed by atoms with Crippen LogP contribution in [0, 0.1) is 0 Å². The molecule has 0 saturated heterocycles. The summed E-state index contributed by atoms with van der Waals surface area (Å²) in [4.78, 5) is 16.6. The molecule has 0 atom stereocenters. The van der Waals surface area contributed by atoms with Gasteiger partial charge in [0.2, 0.25) is 0 Å². The summed E-state index contributed by atoms with van der Waals surface area (Å²) >= 11 is 14.8. The van der Waals surface area contributed by atoms with Crippen LogP contribution in [0.25, 0.3) is 10.2 Å². The third-order valence-electron chi connectivity index (χ3n) is 2.84. The van der Waals surface area contributed by atoms with Gasteiger partial charge in [0.15, 0.2) is 10.1 Å². The molecule has 1 aromatic heterocycles. The van der Waals surface area contributed by atoms with E-state index in [-0.39, 0.29) is 5.78 Å². The van der Waals surface area contributed by atoms with Crippen LogP contribution in [0.2, 0.25) is 10.0 Å². The molecule has 0 unspecified atom stereocenters. The Morgan fingerprint density at radius 2 is 1.95 bits per heavy atom. The van der Waals surface area contributed by atoms with E-state index >= 15 is 0 Å². The molecule has 0 bridgehead atoms. The summed E-state index contributed by atoms with van der Waals surface area (Å²) in [5.41, 5.74) is 1.53. The SMILES string of the molecule is O=C(CSc1nc2ccccc2s1)c1ccc(Cl)c(Cl)c1. The Morgan fingerprint density at radius 3 is 2.71 bits per heavy atom. The van der Waals surface area contributed by atoms with E-state index in [0.29, 0.717) is 21.4 Å². The maximum atomic E-state index is 12.2. The quantitative estimate of drug-likeness (QED) is 0.453. The first-order chi connectivity index (χ1) is 10.1. The summed E-state index contributed by atoms with van der Waals surface area (Å²) in [6.07, 6.45) is 0. The number of thiazole rings is 1. The summed E-state index contributed by atoms with van der Waals surface area (Å²) in [6, 6.07) is 12.9. The van der Waals surface area contributed by atoms with E-state index in [1.807, 2.05) is 24.3 Å². The first kappa shape index (κ1) is 14.9. The molecule has 0 amide bonds. The Morgan fingerprint density at radius 1 is 1.14 bits per heavy atom. The van der Waals surface area contributed by atoms with Gasteiger partial charge in [-0.15, -0.1) is 11.3 Å². The van der Waals surface area contributed by atoms with Crippen LogP contribution in [0.4, 0.5) is 0 Å². The van der Waals surface area contributed by atoms with E-state index in [2.05, 4.69) is 4.98 Å². The number of ketones is 1. The van der Waals surface area contributed by atoms with Gasteiger partial charge in [0.1, 0.15) is 0 Å². The van der Waals surface area contributed by atoms with E-state index in [4.69, 9.17) is 23.2 Å². The molecule has 0 fully saturated rings. The number of nitrogens with zero attached hydrogens (tertiary/aromatic N) is 1. The van der Waals surface area contributed by atoms with Crippen LogP contribution in [0.3, 0.4) is 0 Å². The largest absolute Gasteiger partial charge is 0.293 e. The number of para-hydroxylation sites is 1. The van der Waals surface area contributed by atoms with Crippen molar-refractivity contribution in [3.05, 3.63) is 58.1 Å². The molecule has 0 aliphatic rings. The number of Topliss-reactive ketones (excluding diaryl/α,β-unsaturated/α-hetero) is 1. The lowest BCUT2D eigenvalue weighted by Crippen LogP contribution is -2.02. The summed E-state index contributed by atoms with van der Waals surface area (Å²) < 4.78 is 2.02. The van der Waals surface area contributed by atoms with Crippen molar-refractivity contribution in [2.24, 2.45) is 0 Å². The first-order valence-electron chi connectivity index (χ1n) is 6.10. The molecule has 0 spiro atoms. The van der Waals surface area contributed by atoms with Gasteiger partial charge in [0, 0.05) is 5.56 Å². The highest BCUT2D eigenvalue weighted by Gasteiger charge is 2.11. The normalized spacial score (nSPS) is 11.0. The van der Waals surface area contributed by atoms with Crippen LogP contribution in [0.1, 0.15) is 10.4 Å². The van der Waals surface area contributed by atoms with Gasteiger partial charge in [0.05, 0.1) is 26.0 Å². The number of hydrogen-bond donors (Lipinski definition) is 0. The van der Waals surface area contributed by atoms with E-state index in [0.717, 1.165) is 14.6 Å². The van der Waals surface area contributed by atoms with Crippen molar-refractivity contribution < 1.29 is 4.79 Å². The summed E-state index contributed by atoms with van der Waals surface area (Å²) in [6.45, 7) is 0. The molecule has 3 aromatic rings. The molecule has 2 aromatic carbocycles. The zero-order valence-corrected chi connectivity index (χ0v) is 13.8. The third kappa shape index (κ3) is 3.40. The second-order valence-electron chi connectivity index (χ2n) is 4.29. The number of rotatable bonds is 4. The van der Waals surface area contributed by atoms with Crippen LogP contribution >= 0.6 is 46.3 Å². The fraction of sp³-hybridized carbons (Fsp3) is 0.0667. The van der Waals surface area contributed by atoms with Crippen LogP contribution < -0.4 is 0 Å². The zero-order valence-electron chi connectivity index (χ0n) is 10.7. The van der Waals surface area contributed by atoms with Crippen LogP contribution in [0.15, 0.2) is 46.8 Å². The maximum Gasteiger partial charge on any atom is 0.173 e. The van der Waals surface area contributed by atoms with Gasteiger partial charge in [-0.3, -0.25) is 4.79 Å². The lowest BCUT2D eigenvalue weighted by molar-refractivity contribution is 0.102. The predicted octanol–water partition coefficient (Wildman–Crippen LogP) is 5.58. The van der Waals surface area contributed by atoms with Crippen LogP contribution in [0.5, 0.6) is 0 Å². The van der Waals surface area contributed by atoms with E-state index < -0.39 is 0 Å². The monoisotopic (exact) mass is 353 g/mol. The third-order valence-corrected chi connectivity index (χ3v) is 5.76. The molecular formula is C15H9Cl2NOS2. The average molecular weight is 354 g/mol. The molecule has 1 heterocycles. The number of thioether (sulfide) groups is 1. The lowest BCUT2D eigenvalue weighted by Gasteiger charge is -2.01. The Bertz CT molecular complexity index is 783. The topological polar surface area (TPSA) is 30.0 Å². The molecule has 0 radical (unpaired) electrons. The highest BCUT2D eigenvalue weighted by Crippen LogP contribution is 2.30. The molecule has 2 nitrogen and oxygen atoms in total. The molecule has 0 aliphatic heterocycles. The lowest BCUT2D eigenvalue weighted by atomic mass is 10.1. The number of hydrogen-bond acceptors (Lipinski definition) is 4. The van der Waals surface area contributed by atoms with Crippen LogP contribution in [-0.4, -0.2) is 16.5 Å². The number of aromatic nitrogens is 1. The maximum absolute atomic E-state index is 12.2. The molecular weight excluding hydrogens is 345 g/mol. The molecule has 106 valence electrons. The van der Waals surface area contributed by atoms with Gasteiger partial charge < -0.3 is 0 Å². The van der Waals surface area contributed by atoms with Crippen molar-refractivity contribution in [1.82, 2.24) is 4.98 Å². The van der Waals surface area contributed by atoms with Crippen molar-refractivity contribution in [1.29, 1.82) is 0 Å². The molecule has 21 heavy (non-hydrogen) atoms. The Kier molecular flexibility index (Phi) is 4.50. The second kappa shape index (κ2) is 6.36. The zero-order chi connectivity index (χ0) is 14.8. The number of fused-ring (bicyclic) bond motifs is 1. The molecule has 0 N–H and O–H groups in total. The number of carbonyl (C=O) groups excluding carboxylic acids is 1. The van der Waals surface area contributed by atoms with Gasteiger partial charge in [0.25, 0.3) is 0 Å². The standard InChI is InChI=1S/C15H9Cl2NOS2/c16-10-6-5-9(7-11(10)17)13(19)8-20-15-18-12-3-1-2-4-14(12)21-15/h1-7H,8H2. The van der Waals surface area contributed by atoms with Gasteiger partial charge in [-0.25, -0.2) is 4.98 Å². The van der Waals surface area contributed by atoms with Crippen molar-refractivity contribution in [3.63, 3.8) is 0 Å². The molecule has 3 rings (SSSR count). The fourth-order valence-corrected chi connectivity index (χ4v) is 4.05. The summed E-state index contributed by atoms with van der Waals surface area (Å²) in [5.74, 6) is 0.343. The number of halogens is 2. The minimum absolute atomic E-state index is 0.0119. The smallest absolute Gasteiger partial charge is 0.173 e. The highest BCUT2D eigenvalue weighted by molar-refractivity contribution is 8.01. The van der Waals surface area contributed by atoms with Gasteiger partial charge in [-0.2, -0.15) is 0 Å². The van der Waals surface area contributed by atoms with Crippen molar-refractivity contribution in [3.8, 4) is 0 Å². The van der Waals surface area contributed by atoms with E-state index in [9.17, 15) is 4.79 Å². The van der Waals surface area contributed by atoms with E-state index in [1.165, 1.54) is 11.8 Å². The number of carbonyl (C=O) groups is 1. The second-order valence-corrected chi connectivity index (χ2v) is 7.36. The van der Waals surface area contributed by atoms with E-state index in [1.54, 1.807) is 29.5 Å². The summed E-state index contributed by atoms with van der Waals surface area (Å²) in [7, 11) is 0. The average Bonchev–Trinajstić information content (AvgIpc) is 2.90. The first-order valence-corrected chi connectivity index (χ1v) is 8.66. The Balaban J connectivity index is 1.71. The molecule has 6 heteroatoms. The molecule has 0 aliphatic carbocycles. The van der Waals surface area contributed by atoms with Gasteiger partial charge >= 0.3 is 0 Å². The predicted molar refractivity (Wildman–Crippen MR) is 91.1 cm³/mol. The van der Waals surface area contributed by atoms with Crippen molar-refractivity contribution in [2.75, 3.05) is 5.75 Å². The van der Waals surface area contributed by atoms with Crippen LogP contribution in [-0.2, 0) is 0 Å². The Labute approximate surface area is 140 Å². The van der Waals surface area contributed by atoms with Gasteiger partial charge in [-0.1, -0.05) is 47.1 Å². The minimum atomic E-state index is 0.0119.